The van der Waals surface area contributed by atoms with Gasteiger partial charge in [0.05, 0.1) is 13.2 Å². The standard InChI is InChI=1S/C12H22O11/c13-1-3-5(15)6(16)9(19)12(22-3)23-10-4(2-14)21-11(20)8(18)7(10)17/h3-20H,1-2H2/t3-,4+,5+,6-,7+,8-,9+,10-,11+,12-/m1/s1. The first-order valence-electron chi connectivity index (χ1n) is 7.08. The summed E-state index contributed by atoms with van der Waals surface area (Å²) in [6, 6.07) is 0. The molecule has 136 valence electrons. The van der Waals surface area contributed by atoms with Crippen LogP contribution in [0.25, 0.3) is 0 Å². The van der Waals surface area contributed by atoms with E-state index >= 15 is 0 Å². The molecule has 10 atom stereocenters. The fraction of sp³-hybridized carbons (Fsp3) is 1.00. The summed E-state index contributed by atoms with van der Waals surface area (Å²) in [6.07, 6.45) is -15.6. The zero-order chi connectivity index (χ0) is 17.3. The summed E-state index contributed by atoms with van der Waals surface area (Å²) in [6.45, 7) is -1.35. The molecular formula is C12H22O11. The van der Waals surface area contributed by atoms with E-state index in [9.17, 15) is 35.7 Å². The Labute approximate surface area is 130 Å². The third kappa shape index (κ3) is 3.65. The van der Waals surface area contributed by atoms with Crippen molar-refractivity contribution in [1.29, 1.82) is 0 Å². The number of hydrogen-bond donors (Lipinski definition) is 8. The second-order valence-electron chi connectivity index (χ2n) is 5.53. The van der Waals surface area contributed by atoms with Crippen LogP contribution in [0.1, 0.15) is 0 Å². The van der Waals surface area contributed by atoms with Gasteiger partial charge in [0.15, 0.2) is 12.6 Å². The van der Waals surface area contributed by atoms with Gasteiger partial charge >= 0.3 is 0 Å². The highest BCUT2D eigenvalue weighted by molar-refractivity contribution is 4.93. The quantitative estimate of drug-likeness (QED) is 0.243. The summed E-state index contributed by atoms with van der Waals surface area (Å²) in [7, 11) is 0. The number of ether oxygens (including phenoxy) is 3. The van der Waals surface area contributed by atoms with E-state index in [0.29, 0.717) is 0 Å². The van der Waals surface area contributed by atoms with Gasteiger partial charge in [-0.3, -0.25) is 0 Å². The van der Waals surface area contributed by atoms with Gasteiger partial charge in [0, 0.05) is 0 Å². The molecular weight excluding hydrogens is 320 g/mol. The van der Waals surface area contributed by atoms with Crippen LogP contribution in [0.2, 0.25) is 0 Å². The van der Waals surface area contributed by atoms with Crippen LogP contribution < -0.4 is 0 Å². The van der Waals surface area contributed by atoms with Crippen molar-refractivity contribution in [2.24, 2.45) is 0 Å². The first-order chi connectivity index (χ1) is 10.8. The van der Waals surface area contributed by atoms with Gasteiger partial charge in [0.2, 0.25) is 0 Å². The minimum atomic E-state index is -1.74. The highest BCUT2D eigenvalue weighted by Crippen LogP contribution is 2.28. The number of rotatable bonds is 4. The Morgan fingerprint density at radius 2 is 1.26 bits per heavy atom. The number of hydrogen-bond acceptors (Lipinski definition) is 11. The molecule has 23 heavy (non-hydrogen) atoms. The second kappa shape index (κ2) is 7.63. The summed E-state index contributed by atoms with van der Waals surface area (Å²) in [5, 5.41) is 76.5. The Hall–Kier alpha value is -0.440. The van der Waals surface area contributed by atoms with Crippen LogP contribution in [0.15, 0.2) is 0 Å². The van der Waals surface area contributed by atoms with Crippen molar-refractivity contribution in [3.05, 3.63) is 0 Å². The molecule has 0 aromatic rings. The van der Waals surface area contributed by atoms with Gasteiger partial charge in [-0.15, -0.1) is 0 Å². The third-order valence-corrected chi connectivity index (χ3v) is 3.98. The number of aliphatic hydroxyl groups is 8. The molecule has 0 bridgehead atoms. The van der Waals surface area contributed by atoms with Crippen LogP contribution in [-0.4, -0.2) is 115 Å². The Morgan fingerprint density at radius 1 is 0.652 bits per heavy atom. The molecule has 2 fully saturated rings. The van der Waals surface area contributed by atoms with Gasteiger partial charge < -0.3 is 55.1 Å². The van der Waals surface area contributed by atoms with Gasteiger partial charge in [-0.1, -0.05) is 0 Å². The molecule has 0 aromatic carbocycles. The first-order valence-corrected chi connectivity index (χ1v) is 7.08. The molecule has 0 aromatic heterocycles. The van der Waals surface area contributed by atoms with Crippen LogP contribution in [-0.2, 0) is 14.2 Å². The van der Waals surface area contributed by atoms with Gasteiger partial charge in [-0.2, -0.15) is 0 Å². The average Bonchev–Trinajstić information content (AvgIpc) is 2.55. The van der Waals surface area contributed by atoms with Gasteiger partial charge in [-0.05, 0) is 0 Å². The minimum Gasteiger partial charge on any atom is -0.394 e. The van der Waals surface area contributed by atoms with Crippen molar-refractivity contribution < 1.29 is 55.1 Å². The van der Waals surface area contributed by atoms with E-state index in [1.165, 1.54) is 0 Å². The zero-order valence-corrected chi connectivity index (χ0v) is 12.0. The molecule has 11 nitrogen and oxygen atoms in total. The van der Waals surface area contributed by atoms with E-state index in [2.05, 4.69) is 0 Å². The molecule has 0 unspecified atom stereocenters. The van der Waals surface area contributed by atoms with Crippen molar-refractivity contribution in [2.45, 2.75) is 61.4 Å². The van der Waals surface area contributed by atoms with Crippen LogP contribution in [0, 0.1) is 0 Å². The molecule has 2 saturated heterocycles. The molecule has 2 aliphatic rings. The molecule has 8 N–H and O–H groups in total. The molecule has 0 saturated carbocycles. The Balaban J connectivity index is 2.11. The van der Waals surface area contributed by atoms with Crippen molar-refractivity contribution in [3.8, 4) is 0 Å². The Kier molecular flexibility index (Phi) is 6.27. The lowest BCUT2D eigenvalue weighted by atomic mass is 9.97. The maximum Gasteiger partial charge on any atom is 0.187 e. The van der Waals surface area contributed by atoms with E-state index in [4.69, 9.17) is 19.3 Å². The molecule has 0 radical (unpaired) electrons. The minimum absolute atomic E-state index is 0.667. The third-order valence-electron chi connectivity index (χ3n) is 3.98. The fourth-order valence-corrected chi connectivity index (χ4v) is 2.57. The summed E-state index contributed by atoms with van der Waals surface area (Å²) in [4.78, 5) is 0. The van der Waals surface area contributed by atoms with Crippen LogP contribution in [0.4, 0.5) is 0 Å². The average molecular weight is 342 g/mol. The predicted molar refractivity (Wildman–Crippen MR) is 68.6 cm³/mol. The monoisotopic (exact) mass is 342 g/mol. The smallest absolute Gasteiger partial charge is 0.187 e. The van der Waals surface area contributed by atoms with E-state index in [0.717, 1.165) is 0 Å². The summed E-state index contributed by atoms with van der Waals surface area (Å²) in [5.74, 6) is 0. The summed E-state index contributed by atoms with van der Waals surface area (Å²) < 4.78 is 15.3. The van der Waals surface area contributed by atoms with E-state index in [1.54, 1.807) is 0 Å². The lowest BCUT2D eigenvalue weighted by Gasteiger charge is -2.45. The van der Waals surface area contributed by atoms with Crippen molar-refractivity contribution >= 4 is 0 Å². The van der Waals surface area contributed by atoms with Crippen molar-refractivity contribution in [3.63, 3.8) is 0 Å². The summed E-state index contributed by atoms with van der Waals surface area (Å²) >= 11 is 0. The Morgan fingerprint density at radius 3 is 1.83 bits per heavy atom. The van der Waals surface area contributed by atoms with Gasteiger partial charge in [0.25, 0.3) is 0 Å². The largest absolute Gasteiger partial charge is 0.394 e. The Bertz CT molecular complexity index is 378. The molecule has 0 spiro atoms. The molecule has 2 rings (SSSR count). The molecule has 11 heteroatoms. The maximum absolute atomic E-state index is 9.94. The molecule has 0 aliphatic carbocycles. The molecule has 2 aliphatic heterocycles. The van der Waals surface area contributed by atoms with Gasteiger partial charge in [-0.25, -0.2) is 0 Å². The second-order valence-corrected chi connectivity index (χ2v) is 5.53. The zero-order valence-electron chi connectivity index (χ0n) is 12.0. The van der Waals surface area contributed by atoms with Crippen LogP contribution in [0.3, 0.4) is 0 Å². The lowest BCUT2D eigenvalue weighted by molar-refractivity contribution is -0.355. The van der Waals surface area contributed by atoms with Crippen LogP contribution >= 0.6 is 0 Å². The first kappa shape index (κ1) is 18.9. The highest BCUT2D eigenvalue weighted by Gasteiger charge is 2.50. The van der Waals surface area contributed by atoms with E-state index in [1.807, 2.05) is 0 Å². The van der Waals surface area contributed by atoms with Gasteiger partial charge in [0.1, 0.15) is 48.8 Å². The topological polar surface area (TPSA) is 190 Å². The lowest BCUT2D eigenvalue weighted by Crippen LogP contribution is -2.64. The number of aliphatic hydroxyl groups excluding tert-OH is 8. The van der Waals surface area contributed by atoms with Crippen molar-refractivity contribution in [1.82, 2.24) is 0 Å². The van der Waals surface area contributed by atoms with E-state index in [-0.39, 0.29) is 0 Å². The molecule has 0 amide bonds. The highest BCUT2D eigenvalue weighted by atomic mass is 16.7. The maximum atomic E-state index is 9.94. The summed E-state index contributed by atoms with van der Waals surface area (Å²) in [5.41, 5.74) is 0. The SMILES string of the molecule is OC[C@@H]1O[C@H](O)[C@H](O)[C@H](O)[C@@H]1O[C@H]1O[C@H](CO)[C@H](O)[C@@H](O)[C@@H]1O. The van der Waals surface area contributed by atoms with E-state index < -0.39 is 74.6 Å². The predicted octanol–water partition coefficient (Wildman–Crippen LogP) is -5.40. The molecule has 2 heterocycles. The fourth-order valence-electron chi connectivity index (χ4n) is 2.57. The van der Waals surface area contributed by atoms with Crippen LogP contribution in [0.5, 0.6) is 0 Å². The normalized spacial score (nSPS) is 51.7. The van der Waals surface area contributed by atoms with Crippen molar-refractivity contribution in [2.75, 3.05) is 13.2 Å².